The molecule has 0 aliphatic carbocycles. The number of aromatic nitrogens is 4. The molecule has 0 saturated carbocycles. The van der Waals surface area contributed by atoms with Gasteiger partial charge in [0.05, 0.1) is 35.3 Å². The maximum Gasteiger partial charge on any atom is 2.00 e. The fourth-order valence-corrected chi connectivity index (χ4v) is 5.34. The van der Waals surface area contributed by atoms with Gasteiger partial charge in [-0.25, -0.2) is 9.97 Å². The zero-order chi connectivity index (χ0) is 44.1. The molecule has 8 aromatic rings. The number of H-pyrrole nitrogens is 2. The van der Waals surface area contributed by atoms with Crippen LogP contribution < -0.4 is 41.0 Å². The molecule has 1 radical (unpaired) electrons. The number of aromatic carboxylic acids is 4. The van der Waals surface area contributed by atoms with Gasteiger partial charge in [-0.3, -0.25) is 9.97 Å². The molecule has 4 aromatic carbocycles. The summed E-state index contributed by atoms with van der Waals surface area (Å²) in [6, 6.07) is 40.2. The number of carboxylic acids is 4. The fraction of sp³-hybridized carbons (Fsp3) is 0. The summed E-state index contributed by atoms with van der Waals surface area (Å²) in [4.78, 5) is 56.2. The van der Waals surface area contributed by atoms with Crippen LogP contribution in [0.5, 0.6) is 0 Å². The topological polar surface area (TPSA) is 302 Å². The molecule has 0 atom stereocenters. The standard InChI is InChI=1S/2C14H10O4.2C10H9N3.Co.2H2O/c2*15-13(16)11-5-1-9(2-6-11)10-3-7-12(8-4-10)14(17)18;2*1-5-11-6-2-9(1)13-10-3-7-12-8-4-10;;;/h2*1-8H,(H,15,16)(H,17,18);2*1-8H,(H,11,12,13);;2*1H2/q;;;;+2;;/p-2. The minimum atomic E-state index is -1.23. The normalized spacial score (nSPS) is 9.35. The number of hydrogen-bond donors (Lipinski definition) is 2. The van der Waals surface area contributed by atoms with E-state index in [1.54, 1.807) is 73.3 Å². The van der Waals surface area contributed by atoms with E-state index in [1.165, 1.54) is 48.5 Å². The summed E-state index contributed by atoms with van der Waals surface area (Å²) in [5.41, 5.74) is 7.80. The van der Waals surface area contributed by atoms with Crippen molar-refractivity contribution in [3.05, 3.63) is 217 Å². The van der Waals surface area contributed by atoms with Crippen molar-refractivity contribution in [3.8, 4) is 22.3 Å². The van der Waals surface area contributed by atoms with E-state index >= 15 is 0 Å². The van der Waals surface area contributed by atoms with Crippen LogP contribution in [0.3, 0.4) is 0 Å². The smallest absolute Gasteiger partial charge is 0.545 e. The number of anilines is 4. The zero-order valence-electron chi connectivity index (χ0n) is 34.0. The second-order valence-corrected chi connectivity index (χ2v) is 12.8. The Kier molecular flexibility index (Phi) is 22.1. The van der Waals surface area contributed by atoms with Gasteiger partial charge < -0.3 is 61.2 Å². The predicted molar refractivity (Wildman–Crippen MR) is 229 cm³/mol. The molecule has 331 valence electrons. The zero-order valence-corrected chi connectivity index (χ0v) is 35.0. The Morgan fingerprint density at radius 1 is 0.338 bits per heavy atom. The average molecular weight is 920 g/mol. The van der Waals surface area contributed by atoms with Crippen molar-refractivity contribution >= 4 is 46.6 Å². The molecule has 17 heteroatoms. The van der Waals surface area contributed by atoms with E-state index in [1.807, 2.05) is 73.3 Å². The molecular weight excluding hydrogens is 879 g/mol. The molecule has 0 fully saturated rings. The molecule has 16 nitrogen and oxygen atoms in total. The third kappa shape index (κ3) is 17.3. The van der Waals surface area contributed by atoms with Crippen LogP contribution in [0.2, 0.25) is 0 Å². The molecule has 0 unspecified atom stereocenters. The average Bonchev–Trinajstić information content (AvgIpc) is 3.31. The van der Waals surface area contributed by atoms with Gasteiger partial charge in [-0.05, 0) is 68.8 Å². The third-order valence-corrected chi connectivity index (χ3v) is 8.52. The first kappa shape index (κ1) is 52.5. The molecule has 8 rings (SSSR count). The monoisotopic (exact) mass is 919 g/mol. The van der Waals surface area contributed by atoms with Crippen LogP contribution in [-0.2, 0) is 16.8 Å². The summed E-state index contributed by atoms with van der Waals surface area (Å²) < 4.78 is 0. The Labute approximate surface area is 382 Å². The molecule has 8 N–H and O–H groups in total. The second kappa shape index (κ2) is 27.4. The van der Waals surface area contributed by atoms with E-state index in [0.717, 1.165) is 45.0 Å². The summed E-state index contributed by atoms with van der Waals surface area (Å²) in [6.07, 6.45) is 14.6. The van der Waals surface area contributed by atoms with Crippen molar-refractivity contribution in [1.82, 2.24) is 9.97 Å². The van der Waals surface area contributed by atoms with E-state index in [4.69, 9.17) is 0 Å². The molecule has 0 bridgehead atoms. The first-order valence-electron chi connectivity index (χ1n) is 18.6. The summed E-state index contributed by atoms with van der Waals surface area (Å²) in [5.74, 6) is -4.91. The molecule has 0 aliphatic heterocycles. The molecule has 65 heavy (non-hydrogen) atoms. The first-order chi connectivity index (χ1) is 30.0. The molecular formula is C48H40CoN6O10. The number of nitrogens with zero attached hydrogens (tertiary/aromatic N) is 2. The maximum atomic E-state index is 10.6. The van der Waals surface area contributed by atoms with Crippen molar-refractivity contribution in [2.75, 3.05) is 10.6 Å². The molecule has 0 amide bonds. The fourth-order valence-electron chi connectivity index (χ4n) is 5.34. The van der Waals surface area contributed by atoms with Gasteiger partial charge in [0.2, 0.25) is 0 Å². The molecule has 0 spiro atoms. The van der Waals surface area contributed by atoms with E-state index in [-0.39, 0.29) is 50.0 Å². The third-order valence-electron chi connectivity index (χ3n) is 8.52. The largest absolute Gasteiger partial charge is 2.00 e. The van der Waals surface area contributed by atoms with Crippen molar-refractivity contribution < 1.29 is 77.3 Å². The predicted octanol–water partition coefficient (Wildman–Crippen LogP) is 1.79. The summed E-state index contributed by atoms with van der Waals surface area (Å²) in [7, 11) is 0. The molecule has 0 aliphatic rings. The van der Waals surface area contributed by atoms with Crippen LogP contribution in [0, 0.1) is 0 Å². The summed E-state index contributed by atoms with van der Waals surface area (Å²) in [6.45, 7) is 0. The van der Waals surface area contributed by atoms with Crippen LogP contribution in [0.25, 0.3) is 22.3 Å². The van der Waals surface area contributed by atoms with E-state index in [2.05, 4.69) is 30.6 Å². The summed E-state index contributed by atoms with van der Waals surface area (Å²) in [5, 5.41) is 48.8. The summed E-state index contributed by atoms with van der Waals surface area (Å²) >= 11 is 0. The number of carbonyl (C=O) groups is 4. The van der Waals surface area contributed by atoms with Gasteiger partial charge in [0.1, 0.15) is 0 Å². The van der Waals surface area contributed by atoms with Gasteiger partial charge >= 0.3 is 16.8 Å². The number of carboxylic acid groups (broad SMARTS) is 4. The number of benzene rings is 4. The van der Waals surface area contributed by atoms with Gasteiger partial charge in [0, 0.05) is 60.4 Å². The quantitative estimate of drug-likeness (QED) is 0.198. The Hall–Kier alpha value is -8.61. The number of nitrogens with one attached hydrogen (secondary N) is 4. The van der Waals surface area contributed by atoms with Gasteiger partial charge in [-0.2, -0.15) is 0 Å². The second-order valence-electron chi connectivity index (χ2n) is 12.8. The van der Waals surface area contributed by atoms with Crippen molar-refractivity contribution in [3.63, 3.8) is 0 Å². The van der Waals surface area contributed by atoms with Crippen molar-refractivity contribution in [2.45, 2.75) is 0 Å². The molecule has 0 saturated heterocycles. The number of pyridine rings is 4. The van der Waals surface area contributed by atoms with Gasteiger partial charge in [0.15, 0.2) is 24.8 Å². The van der Waals surface area contributed by atoms with Crippen LogP contribution >= 0.6 is 0 Å². The maximum absolute atomic E-state index is 10.6. The number of rotatable bonds is 10. The van der Waals surface area contributed by atoms with Crippen LogP contribution in [-0.4, -0.2) is 44.8 Å². The van der Waals surface area contributed by atoms with Gasteiger partial charge in [-0.1, -0.05) is 97.1 Å². The van der Waals surface area contributed by atoms with Gasteiger partial charge in [0.25, 0.3) is 0 Å². The minimum Gasteiger partial charge on any atom is -0.545 e. The van der Waals surface area contributed by atoms with Crippen LogP contribution in [0.15, 0.2) is 195 Å². The Bertz CT molecular complexity index is 2280. The molecule has 4 aromatic heterocycles. The molecule has 4 heterocycles. The van der Waals surface area contributed by atoms with E-state index in [0.29, 0.717) is 0 Å². The van der Waals surface area contributed by atoms with Crippen LogP contribution in [0.1, 0.15) is 41.4 Å². The van der Waals surface area contributed by atoms with Crippen LogP contribution in [0.4, 0.5) is 22.7 Å². The number of carbonyl (C=O) groups excluding carboxylic acids is 4. The number of aromatic amines is 2. The van der Waals surface area contributed by atoms with E-state index < -0.39 is 23.9 Å². The Morgan fingerprint density at radius 2 is 0.538 bits per heavy atom. The van der Waals surface area contributed by atoms with Crippen molar-refractivity contribution in [2.24, 2.45) is 0 Å². The van der Waals surface area contributed by atoms with Crippen molar-refractivity contribution in [1.29, 1.82) is 0 Å². The first-order valence-corrected chi connectivity index (χ1v) is 18.6. The van der Waals surface area contributed by atoms with E-state index in [9.17, 15) is 39.6 Å². The Morgan fingerprint density at radius 3 is 0.738 bits per heavy atom. The number of hydrogen-bond acceptors (Lipinski definition) is 12. The minimum absolute atomic E-state index is 0. The van der Waals surface area contributed by atoms with Gasteiger partial charge in [-0.15, -0.1) is 0 Å². The Balaban J connectivity index is 0.000000296. The SMILES string of the molecule is O.O.O=C([O-])c1ccc(-c2ccc(C(=O)[O-])cc2)cc1.O=C([O-])c1ccc(-c2ccc(C(=O)[O-])cc2)cc1.[Co+2].c1cc(Nc2cc[nH+]cc2)ccn1.c1cc(Nc2cc[nH+]cc2)ccn1.